The summed E-state index contributed by atoms with van der Waals surface area (Å²) in [5.41, 5.74) is 7.88. The number of nitrogens with two attached hydrogens (primary N) is 1. The summed E-state index contributed by atoms with van der Waals surface area (Å²) >= 11 is 0. The van der Waals surface area contributed by atoms with Crippen molar-refractivity contribution in [2.24, 2.45) is 0 Å². The van der Waals surface area contributed by atoms with Crippen LogP contribution in [0.3, 0.4) is 0 Å². The Morgan fingerprint density at radius 3 is 3.00 bits per heavy atom. The van der Waals surface area contributed by atoms with Gasteiger partial charge >= 0.3 is 0 Å². The van der Waals surface area contributed by atoms with Gasteiger partial charge in [0.05, 0.1) is 18.1 Å². The second-order valence-corrected chi connectivity index (χ2v) is 3.79. The van der Waals surface area contributed by atoms with Gasteiger partial charge < -0.3 is 10.5 Å². The molecule has 18 heavy (non-hydrogen) atoms. The number of hydrogen-bond acceptors (Lipinski definition) is 6. The maximum atomic E-state index is 5.88. The third-order valence-electron chi connectivity index (χ3n) is 2.53. The van der Waals surface area contributed by atoms with Crippen LogP contribution in [0.4, 0.5) is 5.69 Å². The first-order valence-corrected chi connectivity index (χ1v) is 5.31. The van der Waals surface area contributed by atoms with Crippen LogP contribution in [-0.4, -0.2) is 25.0 Å². The van der Waals surface area contributed by atoms with Gasteiger partial charge in [0, 0.05) is 0 Å². The van der Waals surface area contributed by atoms with E-state index >= 15 is 0 Å². The lowest BCUT2D eigenvalue weighted by Gasteiger charge is -2.10. The maximum absolute atomic E-state index is 5.88. The zero-order chi connectivity index (χ0) is 12.5. The van der Waals surface area contributed by atoms with Crippen molar-refractivity contribution in [3.8, 4) is 11.6 Å². The van der Waals surface area contributed by atoms with Gasteiger partial charge in [0.15, 0.2) is 5.75 Å². The minimum atomic E-state index is 0.415. The van der Waals surface area contributed by atoms with Crippen LogP contribution in [0.15, 0.2) is 30.6 Å². The third-order valence-corrected chi connectivity index (χ3v) is 2.53. The first kappa shape index (κ1) is 10.5. The molecule has 7 heteroatoms. The van der Waals surface area contributed by atoms with Gasteiger partial charge in [-0.2, -0.15) is 4.52 Å². The van der Waals surface area contributed by atoms with E-state index in [9.17, 15) is 0 Å². The third kappa shape index (κ3) is 1.61. The summed E-state index contributed by atoms with van der Waals surface area (Å²) in [6.07, 6.45) is 3.09. The number of para-hydroxylation sites is 1. The Morgan fingerprint density at radius 2 is 2.17 bits per heavy atom. The van der Waals surface area contributed by atoms with Gasteiger partial charge in [-0.05, 0) is 29.0 Å². The van der Waals surface area contributed by atoms with Crippen molar-refractivity contribution in [1.82, 2.24) is 25.0 Å². The van der Waals surface area contributed by atoms with E-state index in [0.29, 0.717) is 23.0 Å². The maximum Gasteiger partial charge on any atom is 0.242 e. The summed E-state index contributed by atoms with van der Waals surface area (Å²) in [6, 6.07) is 5.56. The van der Waals surface area contributed by atoms with Crippen molar-refractivity contribution in [3.63, 3.8) is 0 Å². The van der Waals surface area contributed by atoms with Gasteiger partial charge in [-0.1, -0.05) is 12.1 Å². The highest BCUT2D eigenvalue weighted by Crippen LogP contribution is 2.30. The standard InChI is InChI=1S/C11H10N6O/c1-7-3-2-4-8(12)11(7)18-10-6-13-5-9-14-15-16-17(9)10/h2-6H,12H2,1H3. The smallest absolute Gasteiger partial charge is 0.242 e. The Balaban J connectivity index is 2.09. The first-order valence-electron chi connectivity index (χ1n) is 5.31. The average molecular weight is 242 g/mol. The molecular formula is C11H10N6O. The second kappa shape index (κ2) is 3.95. The molecule has 90 valence electrons. The number of rotatable bonds is 2. The van der Waals surface area contributed by atoms with Crippen LogP contribution in [0.1, 0.15) is 5.56 Å². The monoisotopic (exact) mass is 242 g/mol. The van der Waals surface area contributed by atoms with Crippen LogP contribution in [0.2, 0.25) is 0 Å². The summed E-state index contributed by atoms with van der Waals surface area (Å²) < 4.78 is 7.20. The van der Waals surface area contributed by atoms with Gasteiger partial charge in [-0.15, -0.1) is 5.10 Å². The molecule has 2 heterocycles. The van der Waals surface area contributed by atoms with Crippen LogP contribution in [0.5, 0.6) is 11.6 Å². The average Bonchev–Trinajstić information content (AvgIpc) is 2.83. The SMILES string of the molecule is Cc1cccc(N)c1Oc1cncc2nnnn12. The Bertz CT molecular complexity index is 687. The predicted molar refractivity (Wildman–Crippen MR) is 64.2 cm³/mol. The van der Waals surface area contributed by atoms with E-state index in [0.717, 1.165) is 5.56 Å². The van der Waals surface area contributed by atoms with E-state index in [-0.39, 0.29) is 0 Å². The molecule has 0 spiro atoms. The highest BCUT2D eigenvalue weighted by atomic mass is 16.5. The lowest BCUT2D eigenvalue weighted by Crippen LogP contribution is -2.00. The number of aryl methyl sites for hydroxylation is 1. The lowest BCUT2D eigenvalue weighted by molar-refractivity contribution is 0.441. The van der Waals surface area contributed by atoms with Crippen LogP contribution in [0.25, 0.3) is 5.65 Å². The summed E-state index contributed by atoms with van der Waals surface area (Å²) in [5.74, 6) is 1.00. The fourth-order valence-electron chi connectivity index (χ4n) is 1.64. The minimum Gasteiger partial charge on any atom is -0.435 e. The molecule has 2 aromatic heterocycles. The summed E-state index contributed by atoms with van der Waals surface area (Å²) in [5, 5.41) is 11.2. The molecule has 0 radical (unpaired) electrons. The van der Waals surface area contributed by atoms with Crippen molar-refractivity contribution < 1.29 is 4.74 Å². The number of hydrogen-bond donors (Lipinski definition) is 1. The second-order valence-electron chi connectivity index (χ2n) is 3.79. The number of tetrazole rings is 1. The zero-order valence-electron chi connectivity index (χ0n) is 9.61. The predicted octanol–water partition coefficient (Wildman–Crippen LogP) is 1.20. The Kier molecular flexibility index (Phi) is 2.30. The van der Waals surface area contributed by atoms with Gasteiger partial charge in [-0.25, -0.2) is 0 Å². The van der Waals surface area contributed by atoms with E-state index < -0.39 is 0 Å². The molecule has 3 aromatic rings. The van der Waals surface area contributed by atoms with E-state index in [1.165, 1.54) is 10.7 Å². The highest BCUT2D eigenvalue weighted by molar-refractivity contribution is 5.57. The van der Waals surface area contributed by atoms with Gasteiger partial charge in [0.25, 0.3) is 0 Å². The van der Waals surface area contributed by atoms with Crippen LogP contribution < -0.4 is 10.5 Å². The van der Waals surface area contributed by atoms with Gasteiger partial charge in [-0.3, -0.25) is 4.98 Å². The molecule has 0 aliphatic carbocycles. The number of fused-ring (bicyclic) bond motifs is 1. The zero-order valence-corrected chi connectivity index (χ0v) is 9.61. The number of aromatic nitrogens is 5. The fraction of sp³-hybridized carbons (Fsp3) is 0.0909. The topological polar surface area (TPSA) is 91.2 Å². The molecule has 7 nitrogen and oxygen atoms in total. The van der Waals surface area contributed by atoms with Crippen LogP contribution in [-0.2, 0) is 0 Å². The number of nitrogens with zero attached hydrogens (tertiary/aromatic N) is 5. The molecule has 1 aromatic carbocycles. The van der Waals surface area contributed by atoms with E-state index in [4.69, 9.17) is 10.5 Å². The largest absolute Gasteiger partial charge is 0.435 e. The Labute approximate surface area is 102 Å². The lowest BCUT2D eigenvalue weighted by atomic mass is 10.2. The van der Waals surface area contributed by atoms with Gasteiger partial charge in [0.1, 0.15) is 0 Å². The molecule has 3 rings (SSSR count). The minimum absolute atomic E-state index is 0.415. The number of benzene rings is 1. The van der Waals surface area contributed by atoms with E-state index in [2.05, 4.69) is 20.5 Å². The summed E-state index contributed by atoms with van der Waals surface area (Å²) in [6.45, 7) is 1.92. The highest BCUT2D eigenvalue weighted by Gasteiger charge is 2.10. The normalized spacial score (nSPS) is 10.7. The quantitative estimate of drug-likeness (QED) is 0.679. The fourth-order valence-corrected chi connectivity index (χ4v) is 1.64. The van der Waals surface area contributed by atoms with Crippen LogP contribution in [0, 0.1) is 6.92 Å². The molecule has 0 bridgehead atoms. The molecule has 2 N–H and O–H groups in total. The molecule has 0 atom stereocenters. The first-order chi connectivity index (χ1) is 8.75. The molecular weight excluding hydrogens is 232 g/mol. The van der Waals surface area contributed by atoms with Crippen molar-refractivity contribution in [3.05, 3.63) is 36.2 Å². The Hall–Kier alpha value is -2.70. The number of ether oxygens (including phenoxy) is 1. The van der Waals surface area contributed by atoms with Gasteiger partial charge in [0.2, 0.25) is 11.5 Å². The van der Waals surface area contributed by atoms with E-state index in [1.807, 2.05) is 19.1 Å². The summed E-state index contributed by atoms with van der Waals surface area (Å²) in [4.78, 5) is 4.01. The van der Waals surface area contributed by atoms with Crippen molar-refractivity contribution in [2.45, 2.75) is 6.92 Å². The molecule has 0 aliphatic heterocycles. The Morgan fingerprint density at radius 1 is 1.28 bits per heavy atom. The molecule has 0 amide bonds. The molecule has 0 fully saturated rings. The van der Waals surface area contributed by atoms with Crippen molar-refractivity contribution in [1.29, 1.82) is 0 Å². The van der Waals surface area contributed by atoms with Crippen LogP contribution >= 0.6 is 0 Å². The molecule has 0 aliphatic rings. The van der Waals surface area contributed by atoms with Crippen molar-refractivity contribution >= 4 is 11.3 Å². The molecule has 0 unspecified atom stereocenters. The molecule has 0 saturated carbocycles. The summed E-state index contributed by atoms with van der Waals surface area (Å²) in [7, 11) is 0. The molecule has 0 saturated heterocycles. The van der Waals surface area contributed by atoms with E-state index in [1.54, 1.807) is 12.3 Å². The number of nitrogen functional groups attached to an aromatic ring is 1. The number of anilines is 1. The van der Waals surface area contributed by atoms with Crippen molar-refractivity contribution in [2.75, 3.05) is 5.73 Å².